The van der Waals surface area contributed by atoms with E-state index >= 15 is 0 Å². The minimum absolute atomic E-state index is 0.0723. The smallest absolute Gasteiger partial charge is 0.258 e. The predicted molar refractivity (Wildman–Crippen MR) is 141 cm³/mol. The summed E-state index contributed by atoms with van der Waals surface area (Å²) in [6.45, 7) is 6.07. The van der Waals surface area contributed by atoms with E-state index in [1.54, 1.807) is 38.6 Å². The normalized spacial score (nSPS) is 11.2. The van der Waals surface area contributed by atoms with Crippen LogP contribution in [-0.2, 0) is 0 Å². The molecule has 0 atom stereocenters. The summed E-state index contributed by atoms with van der Waals surface area (Å²) in [7, 11) is 3.15. The third kappa shape index (κ3) is 4.49. The van der Waals surface area contributed by atoms with Crippen LogP contribution in [-0.4, -0.2) is 50.1 Å². The van der Waals surface area contributed by atoms with Gasteiger partial charge < -0.3 is 9.47 Å². The van der Waals surface area contributed by atoms with Crippen LogP contribution >= 0.6 is 0 Å². The number of nitrogens with zero attached hydrogens (tertiary/aromatic N) is 5. The maximum Gasteiger partial charge on any atom is 0.258 e. The van der Waals surface area contributed by atoms with Gasteiger partial charge in [0.2, 0.25) is 5.95 Å². The van der Waals surface area contributed by atoms with Crippen LogP contribution in [0.4, 0.5) is 5.95 Å². The molecule has 0 saturated heterocycles. The third-order valence-corrected chi connectivity index (χ3v) is 6.10. The molecule has 188 valence electrons. The molecular formula is C27H27N7O3. The molecule has 0 spiro atoms. The lowest BCUT2D eigenvalue weighted by molar-refractivity contribution is 0.102. The number of hydrogen-bond donors (Lipinski definition) is 2. The van der Waals surface area contributed by atoms with E-state index in [-0.39, 0.29) is 17.9 Å². The Kier molecular flexibility index (Phi) is 6.31. The van der Waals surface area contributed by atoms with Gasteiger partial charge in [0.1, 0.15) is 11.5 Å². The highest BCUT2D eigenvalue weighted by atomic mass is 16.5. The number of rotatable bonds is 7. The van der Waals surface area contributed by atoms with Crippen molar-refractivity contribution in [1.82, 2.24) is 29.9 Å². The van der Waals surface area contributed by atoms with Gasteiger partial charge in [0.15, 0.2) is 11.5 Å². The summed E-state index contributed by atoms with van der Waals surface area (Å²) in [5.74, 6) is 1.44. The second-order valence-corrected chi connectivity index (χ2v) is 8.82. The van der Waals surface area contributed by atoms with E-state index in [0.717, 1.165) is 11.1 Å². The van der Waals surface area contributed by atoms with Crippen LogP contribution in [0.2, 0.25) is 0 Å². The van der Waals surface area contributed by atoms with E-state index in [4.69, 9.17) is 14.5 Å². The van der Waals surface area contributed by atoms with Crippen LogP contribution in [0.5, 0.6) is 11.5 Å². The number of methoxy groups -OCH3 is 2. The van der Waals surface area contributed by atoms with Gasteiger partial charge in [0.05, 0.1) is 42.6 Å². The number of amides is 1. The zero-order valence-corrected chi connectivity index (χ0v) is 21.2. The topological polar surface area (TPSA) is 120 Å². The Balaban J connectivity index is 1.53. The number of hydrogen-bond acceptors (Lipinski definition) is 7. The highest BCUT2D eigenvalue weighted by Crippen LogP contribution is 2.32. The lowest BCUT2D eigenvalue weighted by Gasteiger charge is -2.11. The summed E-state index contributed by atoms with van der Waals surface area (Å²) in [6.07, 6.45) is 1.67. The molecule has 0 radical (unpaired) electrons. The molecule has 0 fully saturated rings. The number of carbonyl (C=O) groups excluding carboxylic acids is 1. The molecule has 0 saturated carbocycles. The maximum absolute atomic E-state index is 13.5. The fraction of sp³-hybridized carbons (Fsp3) is 0.222. The van der Waals surface area contributed by atoms with Crippen molar-refractivity contribution in [2.75, 3.05) is 19.5 Å². The first-order valence-electron chi connectivity index (χ1n) is 11.8. The first-order chi connectivity index (χ1) is 17.9. The molecular weight excluding hydrogens is 470 g/mol. The van der Waals surface area contributed by atoms with Gasteiger partial charge in [-0.15, -0.1) is 5.10 Å². The molecule has 3 heterocycles. The summed E-state index contributed by atoms with van der Waals surface area (Å²) >= 11 is 0. The molecule has 2 aromatic carbocycles. The fourth-order valence-electron chi connectivity index (χ4n) is 4.18. The minimum atomic E-state index is -0.363. The highest BCUT2D eigenvalue weighted by molar-refractivity contribution is 6.12. The molecule has 10 heteroatoms. The zero-order chi connectivity index (χ0) is 26.1. The van der Waals surface area contributed by atoms with Gasteiger partial charge >= 0.3 is 0 Å². The van der Waals surface area contributed by atoms with Crippen LogP contribution < -0.4 is 14.8 Å². The van der Waals surface area contributed by atoms with Crippen LogP contribution in [0.1, 0.15) is 35.8 Å². The van der Waals surface area contributed by atoms with Crippen molar-refractivity contribution >= 4 is 22.9 Å². The Morgan fingerprint density at radius 2 is 1.84 bits per heavy atom. The zero-order valence-electron chi connectivity index (χ0n) is 21.2. The van der Waals surface area contributed by atoms with Gasteiger partial charge in [-0.1, -0.05) is 24.3 Å². The fourth-order valence-corrected chi connectivity index (χ4v) is 4.18. The van der Waals surface area contributed by atoms with Crippen molar-refractivity contribution in [2.24, 2.45) is 0 Å². The number of ether oxygens (including phenoxy) is 2. The van der Waals surface area contributed by atoms with Gasteiger partial charge in [0, 0.05) is 17.7 Å². The SMILES string of the molecule is COc1ccc(-c2nc(NC(=O)c3cc(-c4ccccc4C)nc4c3cnn4C(C)C)n[nH]2)c(OC)c1. The van der Waals surface area contributed by atoms with Crippen molar-refractivity contribution in [2.45, 2.75) is 26.8 Å². The number of benzene rings is 2. The quantitative estimate of drug-likeness (QED) is 0.323. The van der Waals surface area contributed by atoms with Gasteiger partial charge in [-0.2, -0.15) is 10.1 Å². The van der Waals surface area contributed by atoms with Gasteiger partial charge in [-0.05, 0) is 44.5 Å². The molecule has 1 amide bonds. The van der Waals surface area contributed by atoms with Crippen molar-refractivity contribution in [3.8, 4) is 34.1 Å². The van der Waals surface area contributed by atoms with Crippen molar-refractivity contribution in [3.05, 3.63) is 65.9 Å². The molecule has 0 bridgehead atoms. The lowest BCUT2D eigenvalue weighted by atomic mass is 10.0. The summed E-state index contributed by atoms with van der Waals surface area (Å²) in [6, 6.07) is 15.2. The minimum Gasteiger partial charge on any atom is -0.497 e. The average molecular weight is 498 g/mol. The first-order valence-corrected chi connectivity index (χ1v) is 11.8. The third-order valence-electron chi connectivity index (χ3n) is 6.10. The predicted octanol–water partition coefficient (Wildman–Crippen LogP) is 5.04. The number of fused-ring (bicyclic) bond motifs is 1. The number of nitrogens with one attached hydrogen (secondary N) is 2. The van der Waals surface area contributed by atoms with E-state index in [1.807, 2.05) is 55.8 Å². The van der Waals surface area contributed by atoms with Crippen LogP contribution in [0, 0.1) is 6.92 Å². The first kappa shape index (κ1) is 24.0. The summed E-state index contributed by atoms with van der Waals surface area (Å²) in [5.41, 5.74) is 4.45. The van der Waals surface area contributed by atoms with E-state index in [0.29, 0.717) is 45.2 Å². The Labute approximate surface area is 213 Å². The molecule has 10 nitrogen and oxygen atoms in total. The molecule has 0 unspecified atom stereocenters. The molecule has 5 rings (SSSR count). The maximum atomic E-state index is 13.5. The van der Waals surface area contributed by atoms with E-state index < -0.39 is 0 Å². The largest absolute Gasteiger partial charge is 0.497 e. The van der Waals surface area contributed by atoms with Crippen molar-refractivity contribution < 1.29 is 14.3 Å². The number of aromatic amines is 1. The standard InChI is InChI=1S/C27H27N7O3/c1-15(2)34-25-21(14-28-34)20(13-22(29-25)18-9-7-6-8-16(18)3)26(35)31-27-30-24(32-33-27)19-11-10-17(36-4)12-23(19)37-5/h6-15H,1-5H3,(H2,30,31,32,33,35). The average Bonchev–Trinajstić information content (AvgIpc) is 3.55. The van der Waals surface area contributed by atoms with Gasteiger partial charge in [-0.3, -0.25) is 15.2 Å². The molecule has 5 aromatic rings. The molecule has 0 aliphatic heterocycles. The lowest BCUT2D eigenvalue weighted by Crippen LogP contribution is -2.14. The molecule has 0 aliphatic carbocycles. The number of H-pyrrole nitrogens is 1. The Morgan fingerprint density at radius 3 is 2.57 bits per heavy atom. The Bertz CT molecular complexity index is 1600. The van der Waals surface area contributed by atoms with Gasteiger partial charge in [0.25, 0.3) is 5.91 Å². The highest BCUT2D eigenvalue weighted by Gasteiger charge is 2.21. The number of aromatic nitrogens is 6. The summed E-state index contributed by atoms with van der Waals surface area (Å²) < 4.78 is 12.5. The number of aryl methyl sites for hydroxylation is 1. The monoisotopic (exact) mass is 497 g/mol. The molecule has 37 heavy (non-hydrogen) atoms. The van der Waals surface area contributed by atoms with Crippen LogP contribution in [0.15, 0.2) is 54.7 Å². The van der Waals surface area contributed by atoms with Crippen LogP contribution in [0.25, 0.3) is 33.7 Å². The second kappa shape index (κ2) is 9.73. The summed E-state index contributed by atoms with van der Waals surface area (Å²) in [4.78, 5) is 22.9. The summed E-state index contributed by atoms with van der Waals surface area (Å²) in [5, 5.41) is 15.0. The second-order valence-electron chi connectivity index (χ2n) is 8.82. The van der Waals surface area contributed by atoms with Crippen molar-refractivity contribution in [1.29, 1.82) is 0 Å². The molecule has 2 N–H and O–H groups in total. The van der Waals surface area contributed by atoms with E-state index in [2.05, 4.69) is 25.6 Å². The van der Waals surface area contributed by atoms with Gasteiger partial charge in [-0.25, -0.2) is 9.67 Å². The Hall–Kier alpha value is -4.73. The van der Waals surface area contributed by atoms with Crippen molar-refractivity contribution in [3.63, 3.8) is 0 Å². The number of pyridine rings is 1. The molecule has 3 aromatic heterocycles. The Morgan fingerprint density at radius 1 is 1.03 bits per heavy atom. The van der Waals surface area contributed by atoms with E-state index in [9.17, 15) is 4.79 Å². The molecule has 0 aliphatic rings. The van der Waals surface area contributed by atoms with Crippen LogP contribution in [0.3, 0.4) is 0 Å². The number of carbonyl (C=O) groups is 1. The number of anilines is 1. The van der Waals surface area contributed by atoms with E-state index in [1.165, 1.54) is 0 Å².